The van der Waals surface area contributed by atoms with Crippen LogP contribution < -0.4 is 0 Å². The number of furan rings is 1. The summed E-state index contributed by atoms with van der Waals surface area (Å²) in [7, 11) is 2.13. The van der Waals surface area contributed by atoms with Gasteiger partial charge in [0, 0.05) is 51.9 Å². The zero-order valence-corrected chi connectivity index (χ0v) is 15.1. The molecule has 0 aliphatic carbocycles. The Bertz CT molecular complexity index is 661. The summed E-state index contributed by atoms with van der Waals surface area (Å²) >= 11 is 0. The summed E-state index contributed by atoms with van der Waals surface area (Å²) in [5.74, 6) is 2.94. The van der Waals surface area contributed by atoms with Gasteiger partial charge in [0.25, 0.3) is 0 Å². The van der Waals surface area contributed by atoms with E-state index in [9.17, 15) is 0 Å². The molecule has 6 nitrogen and oxygen atoms in total. The highest BCUT2D eigenvalue weighted by Crippen LogP contribution is 2.18. The van der Waals surface area contributed by atoms with Gasteiger partial charge in [-0.05, 0) is 31.5 Å². The topological polar surface area (TPSA) is 46.7 Å². The van der Waals surface area contributed by atoms with Crippen LogP contribution in [0, 0.1) is 5.92 Å². The molecule has 1 fully saturated rings. The van der Waals surface area contributed by atoms with E-state index in [0.29, 0.717) is 5.92 Å². The summed E-state index contributed by atoms with van der Waals surface area (Å²) in [6.45, 7) is 8.00. The fraction of sp³-hybridized carbons (Fsp3) is 0.632. The minimum atomic E-state index is 0.712. The number of hydrogen-bond acceptors (Lipinski definition) is 5. The normalized spacial score (nSPS) is 21.6. The average molecular weight is 344 g/mol. The van der Waals surface area contributed by atoms with Gasteiger partial charge in [-0.2, -0.15) is 0 Å². The van der Waals surface area contributed by atoms with Gasteiger partial charge in [-0.3, -0.25) is 4.90 Å². The molecule has 1 atom stereocenters. The summed E-state index contributed by atoms with van der Waals surface area (Å²) < 4.78 is 13.4. The van der Waals surface area contributed by atoms with Crippen molar-refractivity contribution in [2.24, 2.45) is 5.92 Å². The third-order valence-corrected chi connectivity index (χ3v) is 5.29. The molecule has 6 heteroatoms. The van der Waals surface area contributed by atoms with Crippen molar-refractivity contribution in [1.82, 2.24) is 19.4 Å². The van der Waals surface area contributed by atoms with Gasteiger partial charge in [0.05, 0.1) is 25.1 Å². The molecule has 2 aromatic heterocycles. The van der Waals surface area contributed by atoms with Gasteiger partial charge in [0.1, 0.15) is 11.6 Å². The molecular weight excluding hydrogens is 316 g/mol. The first-order valence-corrected chi connectivity index (χ1v) is 9.32. The molecule has 4 rings (SSSR count). The lowest BCUT2D eigenvalue weighted by molar-refractivity contribution is 0.167. The molecule has 0 N–H and O–H groups in total. The molecule has 1 saturated heterocycles. The molecule has 136 valence electrons. The number of rotatable bonds is 6. The molecule has 0 saturated carbocycles. The average Bonchev–Trinajstić information content (AvgIpc) is 3.32. The number of imidazole rings is 1. The maximum absolute atomic E-state index is 5.53. The van der Waals surface area contributed by atoms with Gasteiger partial charge in [-0.15, -0.1) is 0 Å². The highest BCUT2D eigenvalue weighted by Gasteiger charge is 2.22. The highest BCUT2D eigenvalue weighted by molar-refractivity contribution is 5.08. The predicted molar refractivity (Wildman–Crippen MR) is 95.2 cm³/mol. The Balaban J connectivity index is 1.35. The van der Waals surface area contributed by atoms with Crippen molar-refractivity contribution in [1.29, 1.82) is 0 Å². The largest absolute Gasteiger partial charge is 0.468 e. The van der Waals surface area contributed by atoms with Crippen LogP contribution in [0.15, 0.2) is 29.0 Å². The SMILES string of the molecule is CN(Cc1ccco1)Cc1cnc2n1CCN(C[C@@H]1CCOC1)CC2. The summed E-state index contributed by atoms with van der Waals surface area (Å²) in [5.41, 5.74) is 1.30. The minimum absolute atomic E-state index is 0.712. The standard InChI is InChI=1S/C19H28N4O2/c1-21(14-18-3-2-9-25-18)13-17-11-20-19-4-6-22(7-8-23(17)19)12-16-5-10-24-15-16/h2-3,9,11,16H,4-8,10,12-15H2,1H3/t16-/m0/s1. The smallest absolute Gasteiger partial charge is 0.117 e. The van der Waals surface area contributed by atoms with Crippen LogP contribution in [0.1, 0.15) is 23.7 Å². The number of ether oxygens (including phenoxy) is 1. The van der Waals surface area contributed by atoms with Gasteiger partial charge in [0.15, 0.2) is 0 Å². The lowest BCUT2D eigenvalue weighted by atomic mass is 10.1. The third kappa shape index (κ3) is 4.14. The summed E-state index contributed by atoms with van der Waals surface area (Å²) in [6.07, 6.45) is 6.03. The Kier molecular flexibility index (Phi) is 5.20. The Labute approximate surface area is 149 Å². The second-order valence-electron chi connectivity index (χ2n) is 7.35. The van der Waals surface area contributed by atoms with Crippen molar-refractivity contribution in [2.45, 2.75) is 32.5 Å². The Morgan fingerprint density at radius 2 is 2.24 bits per heavy atom. The van der Waals surface area contributed by atoms with E-state index in [1.54, 1.807) is 6.26 Å². The molecule has 0 bridgehead atoms. The van der Waals surface area contributed by atoms with Crippen molar-refractivity contribution < 1.29 is 9.15 Å². The highest BCUT2D eigenvalue weighted by atomic mass is 16.5. The number of aromatic nitrogens is 2. The van der Waals surface area contributed by atoms with Crippen LogP contribution >= 0.6 is 0 Å². The molecule has 4 heterocycles. The quantitative estimate of drug-likeness (QED) is 0.802. The van der Waals surface area contributed by atoms with E-state index in [0.717, 1.165) is 58.1 Å². The molecule has 2 aliphatic rings. The first-order valence-electron chi connectivity index (χ1n) is 9.32. The molecule has 0 radical (unpaired) electrons. The third-order valence-electron chi connectivity index (χ3n) is 5.29. The maximum Gasteiger partial charge on any atom is 0.117 e. The van der Waals surface area contributed by atoms with Gasteiger partial charge >= 0.3 is 0 Å². The first-order chi connectivity index (χ1) is 12.3. The van der Waals surface area contributed by atoms with E-state index >= 15 is 0 Å². The summed E-state index contributed by atoms with van der Waals surface area (Å²) in [6, 6.07) is 3.97. The van der Waals surface area contributed by atoms with Crippen molar-refractivity contribution in [2.75, 3.05) is 39.9 Å². The number of nitrogens with zero attached hydrogens (tertiary/aromatic N) is 4. The monoisotopic (exact) mass is 344 g/mol. The summed E-state index contributed by atoms with van der Waals surface area (Å²) in [5, 5.41) is 0. The van der Waals surface area contributed by atoms with Crippen molar-refractivity contribution >= 4 is 0 Å². The molecule has 0 aromatic carbocycles. The number of fused-ring (bicyclic) bond motifs is 1. The van der Waals surface area contributed by atoms with Gasteiger partial charge in [-0.1, -0.05) is 0 Å². The number of hydrogen-bond donors (Lipinski definition) is 0. The molecular formula is C19H28N4O2. The van der Waals surface area contributed by atoms with E-state index in [2.05, 4.69) is 27.6 Å². The molecule has 0 amide bonds. The van der Waals surface area contributed by atoms with Crippen molar-refractivity contribution in [3.8, 4) is 0 Å². The maximum atomic E-state index is 5.53. The molecule has 0 spiro atoms. The first kappa shape index (κ1) is 16.8. The van der Waals surface area contributed by atoms with E-state index in [1.165, 1.54) is 24.5 Å². The van der Waals surface area contributed by atoms with Crippen LogP contribution in [-0.2, 0) is 30.8 Å². The Hall–Kier alpha value is -1.63. The van der Waals surface area contributed by atoms with Crippen LogP contribution in [-0.4, -0.2) is 59.2 Å². The van der Waals surface area contributed by atoms with E-state index in [4.69, 9.17) is 14.1 Å². The van der Waals surface area contributed by atoms with E-state index in [1.807, 2.05) is 12.1 Å². The fourth-order valence-electron chi connectivity index (χ4n) is 3.94. The predicted octanol–water partition coefficient (Wildman–Crippen LogP) is 2.00. The Morgan fingerprint density at radius 1 is 1.28 bits per heavy atom. The zero-order valence-electron chi connectivity index (χ0n) is 15.1. The zero-order chi connectivity index (χ0) is 17.1. The molecule has 2 aliphatic heterocycles. The Morgan fingerprint density at radius 3 is 3.04 bits per heavy atom. The molecule has 0 unspecified atom stereocenters. The molecule has 25 heavy (non-hydrogen) atoms. The second-order valence-corrected chi connectivity index (χ2v) is 7.35. The van der Waals surface area contributed by atoms with Crippen LogP contribution in [0.4, 0.5) is 0 Å². The summed E-state index contributed by atoms with van der Waals surface area (Å²) in [4.78, 5) is 9.56. The second kappa shape index (κ2) is 7.72. The van der Waals surface area contributed by atoms with E-state index < -0.39 is 0 Å². The lowest BCUT2D eigenvalue weighted by Gasteiger charge is -2.23. The van der Waals surface area contributed by atoms with Crippen LogP contribution in [0.25, 0.3) is 0 Å². The fourth-order valence-corrected chi connectivity index (χ4v) is 3.94. The van der Waals surface area contributed by atoms with Gasteiger partial charge in [0.2, 0.25) is 0 Å². The van der Waals surface area contributed by atoms with Crippen molar-refractivity contribution in [3.05, 3.63) is 41.9 Å². The van der Waals surface area contributed by atoms with Crippen LogP contribution in [0.5, 0.6) is 0 Å². The van der Waals surface area contributed by atoms with Crippen molar-refractivity contribution in [3.63, 3.8) is 0 Å². The van der Waals surface area contributed by atoms with Gasteiger partial charge in [-0.25, -0.2) is 4.98 Å². The molecule has 2 aromatic rings. The lowest BCUT2D eigenvalue weighted by Crippen LogP contribution is -2.32. The minimum Gasteiger partial charge on any atom is -0.468 e. The van der Waals surface area contributed by atoms with Crippen LogP contribution in [0.3, 0.4) is 0 Å². The van der Waals surface area contributed by atoms with E-state index in [-0.39, 0.29) is 0 Å². The van der Waals surface area contributed by atoms with Gasteiger partial charge < -0.3 is 18.6 Å². The van der Waals surface area contributed by atoms with Crippen LogP contribution in [0.2, 0.25) is 0 Å².